The molecule has 0 aliphatic heterocycles. The number of benzene rings is 2. The van der Waals surface area contributed by atoms with Crippen molar-refractivity contribution in [2.24, 2.45) is 0 Å². The maximum absolute atomic E-state index is 3.58. The third-order valence-corrected chi connectivity index (χ3v) is 3.79. The van der Waals surface area contributed by atoms with Crippen molar-refractivity contribution in [3.05, 3.63) is 65.2 Å². The van der Waals surface area contributed by atoms with Gasteiger partial charge in [0.05, 0.1) is 0 Å². The fourth-order valence-corrected chi connectivity index (χ4v) is 2.32. The summed E-state index contributed by atoms with van der Waals surface area (Å²) in [6.07, 6.45) is 0. The number of para-hydroxylation sites is 1. The van der Waals surface area contributed by atoms with Gasteiger partial charge < -0.3 is 5.32 Å². The number of nitrogens with one attached hydrogen (secondary N) is 1. The molecule has 0 bridgehead atoms. The molecule has 20 heavy (non-hydrogen) atoms. The van der Waals surface area contributed by atoms with Gasteiger partial charge in [-0.1, -0.05) is 63.2 Å². The molecule has 0 aliphatic rings. The van der Waals surface area contributed by atoms with Crippen LogP contribution in [0.25, 0.3) is 0 Å². The Morgan fingerprint density at radius 1 is 0.900 bits per heavy atom. The minimum absolute atomic E-state index is 0.214. The molecule has 0 saturated carbocycles. The van der Waals surface area contributed by atoms with Gasteiger partial charge in [0.25, 0.3) is 0 Å². The van der Waals surface area contributed by atoms with E-state index in [2.05, 4.69) is 88.5 Å². The zero-order chi connectivity index (χ0) is 14.8. The van der Waals surface area contributed by atoms with E-state index in [9.17, 15) is 0 Å². The Kier molecular flexibility index (Phi) is 4.17. The minimum Gasteiger partial charge on any atom is -0.378 e. The van der Waals surface area contributed by atoms with Crippen molar-refractivity contribution >= 4 is 5.69 Å². The van der Waals surface area contributed by atoms with Crippen molar-refractivity contribution < 1.29 is 0 Å². The number of rotatable bonds is 3. The molecule has 0 aromatic heterocycles. The number of hydrogen-bond acceptors (Lipinski definition) is 1. The SMILES string of the molecule is Cc1ccccc1NC(C)c1ccc(C(C)(C)C)cc1. The first-order chi connectivity index (χ1) is 9.38. The second kappa shape index (κ2) is 5.70. The molecule has 1 unspecified atom stereocenters. The largest absolute Gasteiger partial charge is 0.378 e. The summed E-state index contributed by atoms with van der Waals surface area (Å²) in [5.74, 6) is 0. The van der Waals surface area contributed by atoms with Crippen molar-refractivity contribution in [2.45, 2.75) is 46.1 Å². The molecule has 0 radical (unpaired) electrons. The fourth-order valence-electron chi connectivity index (χ4n) is 2.32. The summed E-state index contributed by atoms with van der Waals surface area (Å²) in [6.45, 7) is 11.1. The third kappa shape index (κ3) is 3.41. The van der Waals surface area contributed by atoms with Gasteiger partial charge in [0.15, 0.2) is 0 Å². The zero-order valence-corrected chi connectivity index (χ0v) is 13.2. The highest BCUT2D eigenvalue weighted by molar-refractivity contribution is 5.51. The van der Waals surface area contributed by atoms with Gasteiger partial charge in [-0.2, -0.15) is 0 Å². The van der Waals surface area contributed by atoms with Crippen molar-refractivity contribution in [3.63, 3.8) is 0 Å². The van der Waals surface area contributed by atoms with Gasteiger partial charge in [-0.15, -0.1) is 0 Å². The van der Waals surface area contributed by atoms with Gasteiger partial charge in [0.2, 0.25) is 0 Å². The highest BCUT2D eigenvalue weighted by Gasteiger charge is 2.14. The van der Waals surface area contributed by atoms with E-state index in [1.54, 1.807) is 0 Å². The lowest BCUT2D eigenvalue weighted by Crippen LogP contribution is -2.12. The summed E-state index contributed by atoms with van der Waals surface area (Å²) in [4.78, 5) is 0. The molecule has 1 heteroatoms. The molecule has 0 amide bonds. The molecule has 2 aromatic carbocycles. The molecule has 2 aromatic rings. The summed E-state index contributed by atoms with van der Waals surface area (Å²) in [5.41, 5.74) is 5.40. The van der Waals surface area contributed by atoms with Gasteiger partial charge in [-0.05, 0) is 42.0 Å². The summed E-state index contributed by atoms with van der Waals surface area (Å²) in [6, 6.07) is 17.7. The monoisotopic (exact) mass is 267 g/mol. The quantitative estimate of drug-likeness (QED) is 0.778. The number of aryl methyl sites for hydroxylation is 1. The standard InChI is InChI=1S/C19H25N/c1-14-8-6-7-9-18(14)20-15(2)16-10-12-17(13-11-16)19(3,4)5/h6-13,15,20H,1-5H3. The summed E-state index contributed by atoms with van der Waals surface area (Å²) in [7, 11) is 0. The Morgan fingerprint density at radius 2 is 1.50 bits per heavy atom. The van der Waals surface area contributed by atoms with Crippen LogP contribution in [0, 0.1) is 6.92 Å². The lowest BCUT2D eigenvalue weighted by atomic mass is 9.86. The third-order valence-electron chi connectivity index (χ3n) is 3.79. The van der Waals surface area contributed by atoms with Crippen LogP contribution in [0.1, 0.15) is 50.4 Å². The van der Waals surface area contributed by atoms with Crippen molar-refractivity contribution in [1.29, 1.82) is 0 Å². The van der Waals surface area contributed by atoms with Crippen molar-refractivity contribution in [3.8, 4) is 0 Å². The molecule has 0 spiro atoms. The maximum Gasteiger partial charge on any atom is 0.0485 e. The van der Waals surface area contributed by atoms with E-state index in [4.69, 9.17) is 0 Å². The van der Waals surface area contributed by atoms with Crippen LogP contribution in [0.4, 0.5) is 5.69 Å². The van der Waals surface area contributed by atoms with E-state index in [1.807, 2.05) is 0 Å². The fraction of sp³-hybridized carbons (Fsp3) is 0.368. The summed E-state index contributed by atoms with van der Waals surface area (Å²) in [5, 5.41) is 3.58. The second-order valence-electron chi connectivity index (χ2n) is 6.55. The van der Waals surface area contributed by atoms with Crippen LogP contribution >= 0.6 is 0 Å². The van der Waals surface area contributed by atoms with E-state index < -0.39 is 0 Å². The van der Waals surface area contributed by atoms with E-state index in [0.29, 0.717) is 6.04 Å². The predicted molar refractivity (Wildman–Crippen MR) is 88.4 cm³/mol. The summed E-state index contributed by atoms with van der Waals surface area (Å²) < 4.78 is 0. The lowest BCUT2D eigenvalue weighted by molar-refractivity contribution is 0.589. The van der Waals surface area contributed by atoms with Crippen LogP contribution in [0.2, 0.25) is 0 Å². The van der Waals surface area contributed by atoms with E-state index in [-0.39, 0.29) is 5.41 Å². The average molecular weight is 267 g/mol. The molecule has 1 nitrogen and oxygen atoms in total. The van der Waals surface area contributed by atoms with E-state index >= 15 is 0 Å². The Labute approximate surface area is 123 Å². The normalized spacial score (nSPS) is 13.1. The van der Waals surface area contributed by atoms with Gasteiger partial charge in [0.1, 0.15) is 0 Å². The molecular formula is C19H25N. The van der Waals surface area contributed by atoms with Gasteiger partial charge in [-0.25, -0.2) is 0 Å². The molecule has 0 saturated heterocycles. The Morgan fingerprint density at radius 3 is 2.05 bits per heavy atom. The van der Waals surface area contributed by atoms with Crippen LogP contribution < -0.4 is 5.32 Å². The molecule has 106 valence electrons. The van der Waals surface area contributed by atoms with Gasteiger partial charge in [-0.3, -0.25) is 0 Å². The molecular weight excluding hydrogens is 242 g/mol. The molecule has 0 heterocycles. The maximum atomic E-state index is 3.58. The first-order valence-electron chi connectivity index (χ1n) is 7.30. The molecule has 1 atom stereocenters. The molecule has 1 N–H and O–H groups in total. The zero-order valence-electron chi connectivity index (χ0n) is 13.2. The van der Waals surface area contributed by atoms with Crippen LogP contribution in [0.3, 0.4) is 0 Å². The predicted octanol–water partition coefficient (Wildman–Crippen LogP) is 5.47. The molecule has 0 fully saturated rings. The van der Waals surface area contributed by atoms with Crippen molar-refractivity contribution in [2.75, 3.05) is 5.32 Å². The van der Waals surface area contributed by atoms with E-state index in [0.717, 1.165) is 0 Å². The minimum atomic E-state index is 0.214. The first kappa shape index (κ1) is 14.6. The molecule has 0 aliphatic carbocycles. The van der Waals surface area contributed by atoms with Crippen molar-refractivity contribution in [1.82, 2.24) is 0 Å². The van der Waals surface area contributed by atoms with Crippen LogP contribution in [0.15, 0.2) is 48.5 Å². The number of hydrogen-bond donors (Lipinski definition) is 1. The van der Waals surface area contributed by atoms with Crippen LogP contribution in [-0.2, 0) is 5.41 Å². The van der Waals surface area contributed by atoms with E-state index in [1.165, 1.54) is 22.4 Å². The molecule has 2 rings (SSSR count). The second-order valence-corrected chi connectivity index (χ2v) is 6.55. The van der Waals surface area contributed by atoms with Crippen LogP contribution in [0.5, 0.6) is 0 Å². The van der Waals surface area contributed by atoms with Gasteiger partial charge in [0, 0.05) is 11.7 Å². The highest BCUT2D eigenvalue weighted by atomic mass is 14.9. The lowest BCUT2D eigenvalue weighted by Gasteiger charge is -2.21. The number of anilines is 1. The van der Waals surface area contributed by atoms with Gasteiger partial charge >= 0.3 is 0 Å². The van der Waals surface area contributed by atoms with Crippen LogP contribution in [-0.4, -0.2) is 0 Å². The Bertz CT molecular complexity index is 561. The smallest absolute Gasteiger partial charge is 0.0485 e. The highest BCUT2D eigenvalue weighted by Crippen LogP contribution is 2.26. The Balaban J connectivity index is 2.14. The average Bonchev–Trinajstić information content (AvgIpc) is 2.40. The topological polar surface area (TPSA) is 12.0 Å². The first-order valence-corrected chi connectivity index (χ1v) is 7.30. The summed E-state index contributed by atoms with van der Waals surface area (Å²) >= 11 is 0. The Hall–Kier alpha value is -1.76.